The lowest BCUT2D eigenvalue weighted by molar-refractivity contribution is -0.126. The molecule has 1 aromatic rings. The van der Waals surface area contributed by atoms with Gasteiger partial charge in [-0.15, -0.1) is 0 Å². The molecule has 5 nitrogen and oxygen atoms in total. The molecule has 126 valence electrons. The van der Waals surface area contributed by atoms with E-state index >= 15 is 0 Å². The predicted octanol–water partition coefficient (Wildman–Crippen LogP) is 2.29. The molecule has 0 aromatic heterocycles. The smallest absolute Gasteiger partial charge is 0.243 e. The molecule has 1 unspecified atom stereocenters. The van der Waals surface area contributed by atoms with E-state index in [0.717, 1.165) is 30.5 Å². The maximum Gasteiger partial charge on any atom is 0.243 e. The van der Waals surface area contributed by atoms with Gasteiger partial charge in [0.2, 0.25) is 11.8 Å². The number of amides is 2. The number of nitrogens with one attached hydrogen (secondary N) is 1. The van der Waals surface area contributed by atoms with Crippen LogP contribution in [0.2, 0.25) is 0 Å². The number of benzene rings is 1. The monoisotopic (exact) mass is 318 g/mol. The molecule has 0 fully saturated rings. The summed E-state index contributed by atoms with van der Waals surface area (Å²) in [6.45, 7) is 3.12. The summed E-state index contributed by atoms with van der Waals surface area (Å²) in [5, 5.41) is 2.92. The van der Waals surface area contributed by atoms with Crippen LogP contribution in [0.3, 0.4) is 0 Å². The Morgan fingerprint density at radius 1 is 1.35 bits per heavy atom. The second-order valence-electron chi connectivity index (χ2n) is 5.81. The molecule has 1 aliphatic heterocycles. The highest BCUT2D eigenvalue weighted by Gasteiger charge is 2.32. The fraction of sp³-hybridized carbons (Fsp3) is 0.556. The van der Waals surface area contributed by atoms with Crippen molar-refractivity contribution in [2.75, 3.05) is 25.2 Å². The molecule has 0 bridgehead atoms. The lowest BCUT2D eigenvalue weighted by Crippen LogP contribution is -2.49. The molecule has 5 heteroatoms. The van der Waals surface area contributed by atoms with E-state index in [2.05, 4.69) is 5.32 Å². The zero-order valence-corrected chi connectivity index (χ0v) is 14.0. The van der Waals surface area contributed by atoms with Crippen LogP contribution in [0.1, 0.15) is 38.2 Å². The van der Waals surface area contributed by atoms with Gasteiger partial charge >= 0.3 is 0 Å². The van der Waals surface area contributed by atoms with E-state index in [-0.39, 0.29) is 11.8 Å². The summed E-state index contributed by atoms with van der Waals surface area (Å²) in [5.74, 6) is -0.0532. The topological polar surface area (TPSA) is 58.6 Å². The number of para-hydroxylation sites is 1. The van der Waals surface area contributed by atoms with Crippen molar-refractivity contribution in [1.82, 2.24) is 5.32 Å². The minimum absolute atomic E-state index is 0.0360. The minimum atomic E-state index is -0.454. The molecule has 0 saturated heterocycles. The van der Waals surface area contributed by atoms with Crippen LogP contribution in [-0.4, -0.2) is 38.1 Å². The molecule has 2 amide bonds. The summed E-state index contributed by atoms with van der Waals surface area (Å²) in [5.41, 5.74) is 2.03. The Kier molecular flexibility index (Phi) is 6.59. The molecule has 0 saturated carbocycles. The van der Waals surface area contributed by atoms with Crippen LogP contribution >= 0.6 is 0 Å². The fourth-order valence-electron chi connectivity index (χ4n) is 3.01. The van der Waals surface area contributed by atoms with E-state index in [0.29, 0.717) is 26.0 Å². The summed E-state index contributed by atoms with van der Waals surface area (Å²) >= 11 is 0. The van der Waals surface area contributed by atoms with Crippen LogP contribution in [0.4, 0.5) is 5.69 Å². The van der Waals surface area contributed by atoms with Crippen LogP contribution in [0.15, 0.2) is 24.3 Å². The van der Waals surface area contributed by atoms with Gasteiger partial charge in [0.25, 0.3) is 0 Å². The van der Waals surface area contributed by atoms with E-state index in [4.69, 9.17) is 4.74 Å². The van der Waals surface area contributed by atoms with Gasteiger partial charge in [-0.05, 0) is 37.3 Å². The molecule has 1 atom stereocenters. The Morgan fingerprint density at radius 2 is 2.13 bits per heavy atom. The van der Waals surface area contributed by atoms with Gasteiger partial charge in [0, 0.05) is 32.4 Å². The third kappa shape index (κ3) is 4.32. The maximum atomic E-state index is 12.6. The Hall–Kier alpha value is -1.88. The molecule has 23 heavy (non-hydrogen) atoms. The second-order valence-corrected chi connectivity index (χ2v) is 5.81. The number of carbonyl (C=O) groups excluding carboxylic acids is 2. The number of ether oxygens (including phenoxy) is 1. The highest BCUT2D eigenvalue weighted by Crippen LogP contribution is 2.29. The van der Waals surface area contributed by atoms with Gasteiger partial charge in [-0.2, -0.15) is 0 Å². The number of carbonyl (C=O) groups is 2. The van der Waals surface area contributed by atoms with Crippen molar-refractivity contribution < 1.29 is 14.3 Å². The molecule has 1 aliphatic rings. The molecular formula is C18H26N2O3. The number of methoxy groups -OCH3 is 1. The largest absolute Gasteiger partial charge is 0.385 e. The van der Waals surface area contributed by atoms with Crippen molar-refractivity contribution in [3.05, 3.63) is 29.8 Å². The number of nitrogens with zero attached hydrogens (tertiary/aromatic N) is 1. The van der Waals surface area contributed by atoms with Gasteiger partial charge in [0.1, 0.15) is 6.04 Å². The first-order chi connectivity index (χ1) is 11.2. The van der Waals surface area contributed by atoms with E-state index in [1.165, 1.54) is 0 Å². The van der Waals surface area contributed by atoms with Gasteiger partial charge in [0.15, 0.2) is 0 Å². The standard InChI is InChI=1S/C18H26N2O3/c1-3-15(18(22)19-12-7-13-23-2)20-16-10-5-4-8-14(16)9-6-11-17(20)21/h4-5,8,10,15H,3,6-7,9,11-13H2,1-2H3,(H,19,22). The van der Waals surface area contributed by atoms with Gasteiger partial charge in [-0.25, -0.2) is 0 Å². The quantitative estimate of drug-likeness (QED) is 0.785. The van der Waals surface area contributed by atoms with Crippen molar-refractivity contribution >= 4 is 17.5 Å². The third-order valence-electron chi connectivity index (χ3n) is 4.18. The highest BCUT2D eigenvalue weighted by atomic mass is 16.5. The molecule has 1 N–H and O–H groups in total. The summed E-state index contributed by atoms with van der Waals surface area (Å²) in [6.07, 6.45) is 3.56. The predicted molar refractivity (Wildman–Crippen MR) is 90.4 cm³/mol. The van der Waals surface area contributed by atoms with Crippen molar-refractivity contribution in [2.24, 2.45) is 0 Å². The Labute approximate surface area is 138 Å². The zero-order valence-electron chi connectivity index (χ0n) is 14.0. The molecule has 1 heterocycles. The molecule has 1 aromatic carbocycles. The van der Waals surface area contributed by atoms with Crippen LogP contribution in [0.5, 0.6) is 0 Å². The van der Waals surface area contributed by atoms with Gasteiger partial charge in [0.05, 0.1) is 0 Å². The number of rotatable bonds is 7. The van der Waals surface area contributed by atoms with Crippen LogP contribution in [0, 0.1) is 0 Å². The summed E-state index contributed by atoms with van der Waals surface area (Å²) < 4.78 is 4.99. The van der Waals surface area contributed by atoms with E-state index < -0.39 is 6.04 Å². The number of anilines is 1. The van der Waals surface area contributed by atoms with Gasteiger partial charge < -0.3 is 10.1 Å². The Balaban J connectivity index is 2.18. The minimum Gasteiger partial charge on any atom is -0.385 e. The molecule has 0 radical (unpaired) electrons. The van der Waals surface area contributed by atoms with Gasteiger partial charge in [-0.3, -0.25) is 14.5 Å². The summed E-state index contributed by atoms with van der Waals surface area (Å²) in [6, 6.07) is 7.44. The molecule has 0 spiro atoms. The Morgan fingerprint density at radius 3 is 2.87 bits per heavy atom. The SMILES string of the molecule is CCC(C(=O)NCCCOC)N1C(=O)CCCc2ccccc21. The van der Waals surface area contributed by atoms with Crippen molar-refractivity contribution in [3.63, 3.8) is 0 Å². The van der Waals surface area contributed by atoms with Gasteiger partial charge in [-0.1, -0.05) is 25.1 Å². The van der Waals surface area contributed by atoms with Crippen molar-refractivity contribution in [3.8, 4) is 0 Å². The number of hydrogen-bond donors (Lipinski definition) is 1. The molecule has 0 aliphatic carbocycles. The highest BCUT2D eigenvalue weighted by molar-refractivity contribution is 6.01. The number of fused-ring (bicyclic) bond motifs is 1. The normalized spacial score (nSPS) is 15.7. The average Bonchev–Trinajstić information content (AvgIpc) is 2.72. The number of aryl methyl sites for hydroxylation is 1. The number of hydrogen-bond acceptors (Lipinski definition) is 3. The lowest BCUT2D eigenvalue weighted by atomic mass is 10.1. The van der Waals surface area contributed by atoms with Crippen LogP contribution < -0.4 is 10.2 Å². The first kappa shape index (κ1) is 17.5. The molecular weight excluding hydrogens is 292 g/mol. The molecule has 2 rings (SSSR count). The van der Waals surface area contributed by atoms with Crippen molar-refractivity contribution in [1.29, 1.82) is 0 Å². The zero-order chi connectivity index (χ0) is 16.7. The summed E-state index contributed by atoms with van der Waals surface area (Å²) in [7, 11) is 1.64. The van der Waals surface area contributed by atoms with Crippen LogP contribution in [-0.2, 0) is 20.7 Å². The average molecular weight is 318 g/mol. The first-order valence-corrected chi connectivity index (χ1v) is 8.35. The lowest BCUT2D eigenvalue weighted by Gasteiger charge is -2.30. The maximum absolute atomic E-state index is 12.6. The second kappa shape index (κ2) is 8.67. The van der Waals surface area contributed by atoms with E-state index in [1.807, 2.05) is 31.2 Å². The third-order valence-corrected chi connectivity index (χ3v) is 4.18. The Bertz CT molecular complexity index is 545. The summed E-state index contributed by atoms with van der Waals surface area (Å²) in [4.78, 5) is 26.8. The first-order valence-electron chi connectivity index (χ1n) is 8.35. The van der Waals surface area contributed by atoms with Crippen molar-refractivity contribution in [2.45, 2.75) is 45.1 Å². The fourth-order valence-corrected chi connectivity index (χ4v) is 3.01. The van der Waals surface area contributed by atoms with Crippen LogP contribution in [0.25, 0.3) is 0 Å². The van der Waals surface area contributed by atoms with E-state index in [9.17, 15) is 9.59 Å². The van der Waals surface area contributed by atoms with E-state index in [1.54, 1.807) is 12.0 Å².